The van der Waals surface area contributed by atoms with E-state index in [1.807, 2.05) is 0 Å². The summed E-state index contributed by atoms with van der Waals surface area (Å²) < 4.78 is 5.03. The highest BCUT2D eigenvalue weighted by Crippen LogP contribution is 2.37. The second kappa shape index (κ2) is 5.34. The van der Waals surface area contributed by atoms with Gasteiger partial charge in [0.05, 0.1) is 18.6 Å². The number of esters is 1. The third kappa shape index (κ3) is 3.69. The molecule has 1 saturated carbocycles. The number of hydrogen-bond donors (Lipinski definition) is 3. The molecular weight excluding hydrogens is 240 g/mol. The van der Waals surface area contributed by atoms with Gasteiger partial charge in [-0.3, -0.25) is 9.59 Å². The highest BCUT2D eigenvalue weighted by atomic mass is 16.5. The largest absolute Gasteiger partial charge is 0.481 e. The molecule has 7 nitrogen and oxygen atoms in total. The molecule has 18 heavy (non-hydrogen) atoms. The second-order valence-electron chi connectivity index (χ2n) is 4.73. The summed E-state index contributed by atoms with van der Waals surface area (Å²) in [5.41, 5.74) is 4.41. The molecule has 1 fully saturated rings. The third-order valence-electron chi connectivity index (χ3n) is 2.58. The number of rotatable bonds is 6. The van der Waals surface area contributed by atoms with Crippen LogP contribution in [0.5, 0.6) is 0 Å². The molecule has 0 radical (unpaired) electrons. The first-order valence-corrected chi connectivity index (χ1v) is 5.77. The van der Waals surface area contributed by atoms with E-state index >= 15 is 0 Å². The molecule has 0 aromatic rings. The molecule has 1 aliphatic carbocycles. The van der Waals surface area contributed by atoms with Gasteiger partial charge in [-0.25, -0.2) is 4.79 Å². The van der Waals surface area contributed by atoms with Crippen LogP contribution in [0.4, 0.5) is 0 Å². The Kier molecular flexibility index (Phi) is 4.28. The lowest BCUT2D eigenvalue weighted by molar-refractivity contribution is -0.153. The molecule has 0 bridgehead atoms. The number of carbonyl (C=O) groups is 3. The van der Waals surface area contributed by atoms with E-state index in [0.717, 1.165) is 0 Å². The van der Waals surface area contributed by atoms with Crippen LogP contribution in [0.2, 0.25) is 0 Å². The maximum absolute atomic E-state index is 11.7. The Morgan fingerprint density at radius 3 is 2.33 bits per heavy atom. The molecule has 0 aromatic heterocycles. The van der Waals surface area contributed by atoms with Crippen molar-refractivity contribution in [3.63, 3.8) is 0 Å². The van der Waals surface area contributed by atoms with Crippen molar-refractivity contribution in [2.75, 3.05) is 0 Å². The summed E-state index contributed by atoms with van der Waals surface area (Å²) >= 11 is 0. The summed E-state index contributed by atoms with van der Waals surface area (Å²) in [7, 11) is 0. The fourth-order valence-electron chi connectivity index (χ4n) is 1.44. The lowest BCUT2D eigenvalue weighted by Crippen LogP contribution is -2.51. The fourth-order valence-corrected chi connectivity index (χ4v) is 1.44. The fraction of sp³-hybridized carbons (Fsp3) is 0.727. The summed E-state index contributed by atoms with van der Waals surface area (Å²) in [6.07, 6.45) is 0.245. The number of carbonyl (C=O) groups excluding carboxylic acids is 2. The van der Waals surface area contributed by atoms with Gasteiger partial charge in [-0.15, -0.1) is 0 Å². The summed E-state index contributed by atoms with van der Waals surface area (Å²) in [6, 6.07) is -1.16. The topological polar surface area (TPSA) is 119 Å². The van der Waals surface area contributed by atoms with Gasteiger partial charge in [0.25, 0.3) is 0 Å². The van der Waals surface area contributed by atoms with Crippen molar-refractivity contribution in [2.45, 2.75) is 50.8 Å². The summed E-state index contributed by atoms with van der Waals surface area (Å²) in [5, 5.41) is 11.0. The van der Waals surface area contributed by atoms with Crippen LogP contribution in [-0.2, 0) is 19.1 Å². The molecule has 1 amide bonds. The van der Waals surface area contributed by atoms with Crippen LogP contribution in [-0.4, -0.2) is 40.6 Å². The highest BCUT2D eigenvalue weighted by molar-refractivity contribution is 5.93. The van der Waals surface area contributed by atoms with Crippen molar-refractivity contribution >= 4 is 17.8 Å². The highest BCUT2D eigenvalue weighted by Gasteiger charge is 2.53. The number of carboxylic acids is 1. The van der Waals surface area contributed by atoms with Gasteiger partial charge in [-0.05, 0) is 26.7 Å². The zero-order chi connectivity index (χ0) is 13.9. The van der Waals surface area contributed by atoms with E-state index in [9.17, 15) is 14.4 Å². The Labute approximate surface area is 105 Å². The van der Waals surface area contributed by atoms with E-state index in [1.165, 1.54) is 0 Å². The van der Waals surface area contributed by atoms with Crippen molar-refractivity contribution in [3.8, 4) is 0 Å². The number of hydrogen-bond acceptors (Lipinski definition) is 5. The minimum Gasteiger partial charge on any atom is -0.481 e. The molecule has 0 aromatic carbocycles. The first-order valence-electron chi connectivity index (χ1n) is 5.77. The van der Waals surface area contributed by atoms with E-state index in [-0.39, 0.29) is 6.10 Å². The molecule has 1 aliphatic rings. The van der Waals surface area contributed by atoms with Crippen LogP contribution in [0.25, 0.3) is 0 Å². The van der Waals surface area contributed by atoms with Gasteiger partial charge in [0.15, 0.2) is 0 Å². The normalized spacial score (nSPS) is 18.0. The second-order valence-corrected chi connectivity index (χ2v) is 4.73. The zero-order valence-electron chi connectivity index (χ0n) is 10.4. The molecule has 4 N–H and O–H groups in total. The van der Waals surface area contributed by atoms with Gasteiger partial charge >= 0.3 is 11.9 Å². The molecule has 0 aliphatic heterocycles. The van der Waals surface area contributed by atoms with E-state index in [0.29, 0.717) is 12.8 Å². The molecule has 0 heterocycles. The van der Waals surface area contributed by atoms with Crippen LogP contribution in [0, 0.1) is 0 Å². The average Bonchev–Trinajstić information content (AvgIpc) is 2.96. The summed E-state index contributed by atoms with van der Waals surface area (Å²) in [4.78, 5) is 33.8. The smallest absolute Gasteiger partial charge is 0.332 e. The number of aliphatic carboxylic acids is 1. The lowest BCUT2D eigenvalue weighted by Gasteiger charge is -2.19. The predicted octanol–water partition coefficient (Wildman–Crippen LogP) is -0.611. The Hall–Kier alpha value is -1.63. The molecule has 0 spiro atoms. The SMILES string of the molecule is CC(C)OC(=O)C1(NC(=O)[C@@H](N)CC(=O)O)CC1. The standard InChI is InChI=1S/C11H18N2O5/c1-6(2)18-10(17)11(3-4-11)13-9(16)7(12)5-8(14)15/h6-7H,3-5,12H2,1-2H3,(H,13,16)(H,14,15)/t7-/m0/s1. The number of nitrogens with one attached hydrogen (secondary N) is 1. The van der Waals surface area contributed by atoms with E-state index in [2.05, 4.69) is 5.32 Å². The average molecular weight is 258 g/mol. The number of ether oxygens (including phenoxy) is 1. The van der Waals surface area contributed by atoms with Gasteiger partial charge in [0.2, 0.25) is 5.91 Å². The van der Waals surface area contributed by atoms with Crippen molar-refractivity contribution in [1.82, 2.24) is 5.32 Å². The summed E-state index contributed by atoms with van der Waals surface area (Å²) in [5.74, 6) is -2.30. The maximum Gasteiger partial charge on any atom is 0.332 e. The molecule has 0 saturated heterocycles. The summed E-state index contributed by atoms with van der Waals surface area (Å²) in [6.45, 7) is 3.43. The van der Waals surface area contributed by atoms with Crippen LogP contribution in [0.3, 0.4) is 0 Å². The molecule has 1 atom stereocenters. The minimum absolute atomic E-state index is 0.264. The molecular formula is C11H18N2O5. The zero-order valence-corrected chi connectivity index (χ0v) is 10.4. The third-order valence-corrected chi connectivity index (χ3v) is 2.58. The first kappa shape index (κ1) is 14.4. The van der Waals surface area contributed by atoms with E-state index < -0.39 is 35.8 Å². The van der Waals surface area contributed by atoms with Gasteiger partial charge in [-0.1, -0.05) is 0 Å². The van der Waals surface area contributed by atoms with Gasteiger partial charge in [0.1, 0.15) is 5.54 Å². The first-order chi connectivity index (χ1) is 8.27. The molecule has 0 unspecified atom stereocenters. The molecule has 1 rings (SSSR count). The maximum atomic E-state index is 11.7. The monoisotopic (exact) mass is 258 g/mol. The van der Waals surface area contributed by atoms with Crippen molar-refractivity contribution in [2.24, 2.45) is 5.73 Å². The number of carboxylic acid groups (broad SMARTS) is 1. The number of nitrogens with two attached hydrogens (primary N) is 1. The van der Waals surface area contributed by atoms with Gasteiger partial charge in [-0.2, -0.15) is 0 Å². The van der Waals surface area contributed by atoms with Gasteiger partial charge < -0.3 is 20.9 Å². The Morgan fingerprint density at radius 2 is 1.94 bits per heavy atom. The number of amides is 1. The van der Waals surface area contributed by atoms with E-state index in [1.54, 1.807) is 13.8 Å². The Morgan fingerprint density at radius 1 is 1.39 bits per heavy atom. The van der Waals surface area contributed by atoms with Crippen LogP contribution < -0.4 is 11.1 Å². The molecule has 7 heteroatoms. The Balaban J connectivity index is 2.53. The lowest BCUT2D eigenvalue weighted by atomic mass is 10.2. The molecule has 102 valence electrons. The quantitative estimate of drug-likeness (QED) is 0.547. The van der Waals surface area contributed by atoms with Crippen molar-refractivity contribution in [1.29, 1.82) is 0 Å². The minimum atomic E-state index is -1.16. The van der Waals surface area contributed by atoms with Crippen LogP contribution >= 0.6 is 0 Å². The predicted molar refractivity (Wildman–Crippen MR) is 61.6 cm³/mol. The van der Waals surface area contributed by atoms with Crippen LogP contribution in [0.15, 0.2) is 0 Å². The van der Waals surface area contributed by atoms with Crippen LogP contribution in [0.1, 0.15) is 33.1 Å². The van der Waals surface area contributed by atoms with Crippen molar-refractivity contribution < 1.29 is 24.2 Å². The van der Waals surface area contributed by atoms with Crippen molar-refractivity contribution in [3.05, 3.63) is 0 Å². The van der Waals surface area contributed by atoms with E-state index in [4.69, 9.17) is 15.6 Å². The van der Waals surface area contributed by atoms with Gasteiger partial charge in [0, 0.05) is 0 Å². The Bertz CT molecular complexity index is 362.